The van der Waals surface area contributed by atoms with Gasteiger partial charge in [-0.15, -0.1) is 0 Å². The monoisotopic (exact) mass is 318 g/mol. The molecule has 3 rings (SSSR count). The van der Waals surface area contributed by atoms with Crippen molar-refractivity contribution in [2.45, 2.75) is 31.6 Å². The van der Waals surface area contributed by atoms with Gasteiger partial charge in [0, 0.05) is 12.3 Å². The highest BCUT2D eigenvalue weighted by Crippen LogP contribution is 2.43. The van der Waals surface area contributed by atoms with Gasteiger partial charge >= 0.3 is 0 Å². The summed E-state index contributed by atoms with van der Waals surface area (Å²) < 4.78 is 3.12. The molecule has 0 atom stereocenters. The lowest BCUT2D eigenvalue weighted by Gasteiger charge is -2.08. The second-order valence-corrected chi connectivity index (χ2v) is 5.79. The fraction of sp³-hybridized carbons (Fsp3) is 0.333. The molecule has 2 aromatic rings. The fourth-order valence-electron chi connectivity index (χ4n) is 2.30. The summed E-state index contributed by atoms with van der Waals surface area (Å²) in [5, 5.41) is 4.45. The van der Waals surface area contributed by atoms with E-state index in [1.54, 1.807) is 0 Å². The molecular formula is C15H15BrN2O. The Hall–Kier alpha value is -1.42. The number of aryl methyl sites for hydroxylation is 1. The minimum absolute atomic E-state index is 0.583. The lowest BCUT2D eigenvalue weighted by atomic mass is 10.1. The Morgan fingerprint density at radius 1 is 1.32 bits per heavy atom. The number of aromatic nitrogens is 2. The van der Waals surface area contributed by atoms with Gasteiger partial charge in [0.25, 0.3) is 0 Å². The van der Waals surface area contributed by atoms with Crippen molar-refractivity contribution >= 4 is 22.2 Å². The number of nitrogens with zero attached hydrogens (tertiary/aromatic N) is 2. The molecule has 1 heterocycles. The number of benzene rings is 1. The number of carbonyl (C=O) groups excluding carboxylic acids is 1. The molecular weight excluding hydrogens is 304 g/mol. The summed E-state index contributed by atoms with van der Waals surface area (Å²) in [6, 6.07) is 8.30. The topological polar surface area (TPSA) is 34.9 Å². The molecule has 0 spiro atoms. The number of rotatable bonds is 5. The number of carbonyl (C=O) groups is 1. The fourth-order valence-corrected chi connectivity index (χ4v) is 2.88. The SMILES string of the molecule is O=CCCc1ccc(-n2ncc(Br)c2C2CC2)cc1. The minimum Gasteiger partial charge on any atom is -0.303 e. The molecule has 1 aromatic heterocycles. The van der Waals surface area contributed by atoms with E-state index in [-0.39, 0.29) is 0 Å². The maximum Gasteiger partial charge on any atom is 0.120 e. The van der Waals surface area contributed by atoms with E-state index in [1.807, 2.05) is 10.9 Å². The molecule has 98 valence electrons. The van der Waals surface area contributed by atoms with E-state index in [0.29, 0.717) is 12.3 Å². The average Bonchev–Trinajstić information content (AvgIpc) is 3.20. The van der Waals surface area contributed by atoms with E-state index in [1.165, 1.54) is 24.1 Å². The second kappa shape index (κ2) is 5.29. The van der Waals surface area contributed by atoms with Crippen LogP contribution in [0.4, 0.5) is 0 Å². The molecule has 19 heavy (non-hydrogen) atoms. The van der Waals surface area contributed by atoms with Crippen LogP contribution >= 0.6 is 15.9 Å². The highest BCUT2D eigenvalue weighted by molar-refractivity contribution is 9.10. The molecule has 0 radical (unpaired) electrons. The molecule has 4 heteroatoms. The first kappa shape index (κ1) is 12.6. The van der Waals surface area contributed by atoms with Crippen molar-refractivity contribution in [1.82, 2.24) is 9.78 Å². The zero-order chi connectivity index (χ0) is 13.2. The van der Waals surface area contributed by atoms with Gasteiger partial charge in [0.1, 0.15) is 6.29 Å². The zero-order valence-electron chi connectivity index (χ0n) is 10.6. The van der Waals surface area contributed by atoms with E-state index in [0.717, 1.165) is 22.9 Å². The van der Waals surface area contributed by atoms with Crippen molar-refractivity contribution in [2.24, 2.45) is 0 Å². The Morgan fingerprint density at radius 3 is 2.68 bits per heavy atom. The average molecular weight is 319 g/mol. The van der Waals surface area contributed by atoms with Gasteiger partial charge in [-0.3, -0.25) is 0 Å². The second-order valence-electron chi connectivity index (χ2n) is 4.94. The summed E-state index contributed by atoms with van der Waals surface area (Å²) in [5.74, 6) is 0.645. The minimum atomic E-state index is 0.583. The number of hydrogen-bond donors (Lipinski definition) is 0. The molecule has 0 saturated heterocycles. The number of hydrogen-bond acceptors (Lipinski definition) is 2. The van der Waals surface area contributed by atoms with Crippen LogP contribution in [-0.2, 0) is 11.2 Å². The number of aldehydes is 1. The third kappa shape index (κ3) is 2.63. The van der Waals surface area contributed by atoms with Gasteiger partial charge in [-0.2, -0.15) is 5.10 Å². The van der Waals surface area contributed by atoms with Crippen LogP contribution < -0.4 is 0 Å². The molecule has 1 aliphatic carbocycles. The summed E-state index contributed by atoms with van der Waals surface area (Å²) >= 11 is 3.58. The van der Waals surface area contributed by atoms with Crippen molar-refractivity contribution in [3.8, 4) is 5.69 Å². The van der Waals surface area contributed by atoms with Crippen LogP contribution in [0.2, 0.25) is 0 Å². The third-order valence-corrected chi connectivity index (χ3v) is 4.07. The predicted octanol–water partition coefficient (Wildman–Crippen LogP) is 3.64. The van der Waals surface area contributed by atoms with E-state index < -0.39 is 0 Å². The van der Waals surface area contributed by atoms with Gasteiger partial charge in [0.15, 0.2) is 0 Å². The van der Waals surface area contributed by atoms with E-state index in [2.05, 4.69) is 45.3 Å². The predicted molar refractivity (Wildman–Crippen MR) is 77.6 cm³/mol. The molecule has 0 unspecified atom stereocenters. The van der Waals surface area contributed by atoms with Crippen LogP contribution in [0.1, 0.15) is 36.4 Å². The Kier molecular flexibility index (Phi) is 3.51. The summed E-state index contributed by atoms with van der Waals surface area (Å²) in [5.41, 5.74) is 3.55. The Bertz CT molecular complexity index is 585. The van der Waals surface area contributed by atoms with Crippen molar-refractivity contribution in [1.29, 1.82) is 0 Å². The first-order valence-electron chi connectivity index (χ1n) is 6.56. The maximum atomic E-state index is 10.4. The first-order valence-corrected chi connectivity index (χ1v) is 7.35. The molecule has 1 saturated carbocycles. The van der Waals surface area contributed by atoms with E-state index >= 15 is 0 Å². The Labute approximate surface area is 120 Å². The van der Waals surface area contributed by atoms with Crippen LogP contribution in [0.3, 0.4) is 0 Å². The highest BCUT2D eigenvalue weighted by atomic mass is 79.9. The largest absolute Gasteiger partial charge is 0.303 e. The molecule has 0 N–H and O–H groups in total. The van der Waals surface area contributed by atoms with Gasteiger partial charge < -0.3 is 4.79 Å². The summed E-state index contributed by atoms with van der Waals surface area (Å²) in [6.07, 6.45) is 6.73. The Balaban J connectivity index is 1.87. The standard InChI is InChI=1S/C15H15BrN2O/c16-14-10-17-18(15(14)12-5-6-12)13-7-3-11(4-8-13)2-1-9-19/h3-4,7-10,12H,1-2,5-6H2. The molecule has 0 amide bonds. The summed E-state index contributed by atoms with van der Waals surface area (Å²) in [6.45, 7) is 0. The van der Waals surface area contributed by atoms with Crippen LogP contribution in [-0.4, -0.2) is 16.1 Å². The lowest BCUT2D eigenvalue weighted by molar-refractivity contribution is -0.107. The zero-order valence-corrected chi connectivity index (χ0v) is 12.1. The van der Waals surface area contributed by atoms with Gasteiger partial charge in [0.2, 0.25) is 0 Å². The van der Waals surface area contributed by atoms with E-state index in [4.69, 9.17) is 0 Å². The van der Waals surface area contributed by atoms with Crippen LogP contribution in [0.25, 0.3) is 5.69 Å². The normalized spacial score (nSPS) is 14.6. The molecule has 0 bridgehead atoms. The van der Waals surface area contributed by atoms with Crippen molar-refractivity contribution < 1.29 is 4.79 Å². The van der Waals surface area contributed by atoms with E-state index in [9.17, 15) is 4.79 Å². The van der Waals surface area contributed by atoms with Gasteiger partial charge in [-0.1, -0.05) is 12.1 Å². The third-order valence-electron chi connectivity index (χ3n) is 3.46. The lowest BCUT2D eigenvalue weighted by Crippen LogP contribution is -2.01. The number of halogens is 1. The quantitative estimate of drug-likeness (QED) is 0.789. The summed E-state index contributed by atoms with van der Waals surface area (Å²) in [7, 11) is 0. The highest BCUT2D eigenvalue weighted by Gasteiger charge is 2.30. The molecule has 0 aliphatic heterocycles. The molecule has 1 aromatic carbocycles. The van der Waals surface area contributed by atoms with Crippen LogP contribution in [0, 0.1) is 0 Å². The van der Waals surface area contributed by atoms with Crippen LogP contribution in [0.15, 0.2) is 34.9 Å². The molecule has 1 fully saturated rings. The van der Waals surface area contributed by atoms with Crippen molar-refractivity contribution in [3.63, 3.8) is 0 Å². The Morgan fingerprint density at radius 2 is 2.05 bits per heavy atom. The first-order chi connectivity index (χ1) is 9.29. The van der Waals surface area contributed by atoms with Gasteiger partial charge in [-0.25, -0.2) is 4.68 Å². The molecule has 3 nitrogen and oxygen atoms in total. The van der Waals surface area contributed by atoms with Crippen molar-refractivity contribution in [3.05, 3.63) is 46.2 Å². The maximum absolute atomic E-state index is 10.4. The molecule has 1 aliphatic rings. The summed E-state index contributed by atoms with van der Waals surface area (Å²) in [4.78, 5) is 10.4. The van der Waals surface area contributed by atoms with Gasteiger partial charge in [-0.05, 0) is 52.9 Å². The smallest absolute Gasteiger partial charge is 0.120 e. The van der Waals surface area contributed by atoms with Crippen molar-refractivity contribution in [2.75, 3.05) is 0 Å². The van der Waals surface area contributed by atoms with Crippen LogP contribution in [0.5, 0.6) is 0 Å². The van der Waals surface area contributed by atoms with Gasteiger partial charge in [0.05, 0.1) is 22.1 Å².